The Balaban J connectivity index is 1.85. The number of hydrogen-bond donors (Lipinski definition) is 0. The normalized spacial score (nSPS) is 11.4. The third-order valence-corrected chi connectivity index (χ3v) is 4.70. The van der Waals surface area contributed by atoms with Crippen molar-refractivity contribution in [1.82, 2.24) is 19.4 Å². The third kappa shape index (κ3) is 2.79. The molecule has 0 aliphatic heterocycles. The molecule has 0 saturated carbocycles. The van der Waals surface area contributed by atoms with Gasteiger partial charge in [-0.15, -0.1) is 10.2 Å². The summed E-state index contributed by atoms with van der Waals surface area (Å²) in [5, 5.41) is 13.3. The first kappa shape index (κ1) is 16.2. The maximum Gasteiger partial charge on any atom is 0.141 e. The molecule has 0 N–H and O–H groups in total. The van der Waals surface area contributed by atoms with E-state index in [9.17, 15) is 0 Å². The van der Waals surface area contributed by atoms with Crippen molar-refractivity contribution in [3.8, 4) is 16.9 Å². The molecule has 28 heavy (non-hydrogen) atoms. The summed E-state index contributed by atoms with van der Waals surface area (Å²) in [6.45, 7) is 0. The number of hydrogen-bond acceptors (Lipinski definition) is 3. The second kappa shape index (κ2) is 6.96. The molecular weight excluding hydrogens is 346 g/mol. The van der Waals surface area contributed by atoms with Gasteiger partial charge in [-0.25, -0.2) is 4.68 Å². The molecule has 0 radical (unpaired) electrons. The van der Waals surface area contributed by atoms with Gasteiger partial charge in [-0.2, -0.15) is 5.10 Å². The van der Waals surface area contributed by atoms with Gasteiger partial charge >= 0.3 is 0 Å². The highest BCUT2D eigenvalue weighted by Gasteiger charge is 2.18. The number of rotatable bonds is 4. The van der Waals surface area contributed by atoms with Crippen molar-refractivity contribution in [2.24, 2.45) is 5.10 Å². The smallest absolute Gasteiger partial charge is 0.141 e. The SMILES string of the molecule is C(=N\n1cnnc1)/c1c(-c2ccccc2)n(-c2ccccc2)c2ccccc12. The van der Waals surface area contributed by atoms with Crippen LogP contribution in [0, 0.1) is 0 Å². The molecule has 2 aromatic heterocycles. The molecular formula is C23H17N5. The zero-order valence-corrected chi connectivity index (χ0v) is 15.1. The third-order valence-electron chi connectivity index (χ3n) is 4.70. The van der Waals surface area contributed by atoms with Crippen molar-refractivity contribution >= 4 is 17.1 Å². The Morgan fingerprint density at radius 3 is 2.11 bits per heavy atom. The topological polar surface area (TPSA) is 48.0 Å². The van der Waals surface area contributed by atoms with Gasteiger partial charge in [0.2, 0.25) is 0 Å². The van der Waals surface area contributed by atoms with Crippen molar-refractivity contribution in [2.75, 3.05) is 0 Å². The van der Waals surface area contributed by atoms with E-state index in [1.165, 1.54) is 0 Å². The number of fused-ring (bicyclic) bond motifs is 1. The number of benzene rings is 3. The summed E-state index contributed by atoms with van der Waals surface area (Å²) < 4.78 is 3.89. The zero-order chi connectivity index (χ0) is 18.8. The van der Waals surface area contributed by atoms with E-state index in [1.807, 2.05) is 18.3 Å². The lowest BCUT2D eigenvalue weighted by Gasteiger charge is -2.12. The molecule has 0 atom stereocenters. The highest BCUT2D eigenvalue weighted by atomic mass is 15.4. The van der Waals surface area contributed by atoms with E-state index in [-0.39, 0.29) is 0 Å². The molecule has 0 fully saturated rings. The fourth-order valence-electron chi connectivity index (χ4n) is 3.50. The van der Waals surface area contributed by atoms with Crippen LogP contribution in [0.25, 0.3) is 27.8 Å². The van der Waals surface area contributed by atoms with E-state index in [4.69, 9.17) is 0 Å². The van der Waals surface area contributed by atoms with E-state index in [2.05, 4.69) is 92.7 Å². The number of nitrogens with zero attached hydrogens (tertiary/aromatic N) is 5. The molecule has 0 amide bonds. The molecule has 0 bridgehead atoms. The first-order valence-corrected chi connectivity index (χ1v) is 9.05. The van der Waals surface area contributed by atoms with Crippen LogP contribution in [0.5, 0.6) is 0 Å². The first-order chi connectivity index (χ1) is 13.9. The van der Waals surface area contributed by atoms with Gasteiger partial charge in [0, 0.05) is 16.6 Å². The Hall–Kier alpha value is -3.99. The van der Waals surface area contributed by atoms with Gasteiger partial charge in [-0.1, -0.05) is 66.7 Å². The van der Waals surface area contributed by atoms with Crippen molar-refractivity contribution in [3.63, 3.8) is 0 Å². The van der Waals surface area contributed by atoms with Gasteiger partial charge < -0.3 is 4.57 Å². The predicted octanol–water partition coefficient (Wildman–Crippen LogP) is 4.77. The van der Waals surface area contributed by atoms with Crippen LogP contribution in [-0.2, 0) is 0 Å². The molecule has 0 aliphatic rings. The van der Waals surface area contributed by atoms with E-state index in [0.717, 1.165) is 33.4 Å². The van der Waals surface area contributed by atoms with Crippen LogP contribution in [0.2, 0.25) is 0 Å². The standard InChI is InChI=1S/C23H17N5/c1-3-9-18(10-4-1)23-21(15-26-27-16-24-25-17-27)20-13-7-8-14-22(20)28(23)19-11-5-2-6-12-19/h1-17H/b26-15+. The van der Waals surface area contributed by atoms with Crippen molar-refractivity contribution in [2.45, 2.75) is 0 Å². The summed E-state index contributed by atoms with van der Waals surface area (Å²) in [5.74, 6) is 0. The maximum atomic E-state index is 4.53. The lowest BCUT2D eigenvalue weighted by atomic mass is 10.1. The largest absolute Gasteiger partial charge is 0.309 e. The number of para-hydroxylation sites is 2. The molecule has 3 aromatic carbocycles. The van der Waals surface area contributed by atoms with Crippen LogP contribution in [-0.4, -0.2) is 25.7 Å². The fourth-order valence-corrected chi connectivity index (χ4v) is 3.50. The summed E-state index contributed by atoms with van der Waals surface area (Å²) in [7, 11) is 0. The van der Waals surface area contributed by atoms with Gasteiger partial charge in [0.1, 0.15) is 12.7 Å². The quantitative estimate of drug-likeness (QED) is 0.432. The van der Waals surface area contributed by atoms with Gasteiger partial charge in [-0.05, 0) is 23.8 Å². The van der Waals surface area contributed by atoms with Crippen LogP contribution in [0.3, 0.4) is 0 Å². The summed E-state index contributed by atoms with van der Waals surface area (Å²) in [4.78, 5) is 0. The minimum absolute atomic E-state index is 1.05. The second-order valence-corrected chi connectivity index (χ2v) is 6.40. The second-order valence-electron chi connectivity index (χ2n) is 6.40. The molecule has 5 rings (SSSR count). The maximum absolute atomic E-state index is 4.53. The molecule has 5 nitrogen and oxygen atoms in total. The molecule has 2 heterocycles. The van der Waals surface area contributed by atoms with E-state index < -0.39 is 0 Å². The summed E-state index contributed by atoms with van der Waals surface area (Å²) in [6.07, 6.45) is 5.04. The Labute approximate surface area is 162 Å². The van der Waals surface area contributed by atoms with Gasteiger partial charge in [0.25, 0.3) is 0 Å². The van der Waals surface area contributed by atoms with Crippen LogP contribution >= 0.6 is 0 Å². The monoisotopic (exact) mass is 363 g/mol. The average Bonchev–Trinajstić information content (AvgIpc) is 3.39. The molecule has 5 heteroatoms. The van der Waals surface area contributed by atoms with Crippen LogP contribution in [0.4, 0.5) is 0 Å². The van der Waals surface area contributed by atoms with Gasteiger partial charge in [0.05, 0.1) is 17.4 Å². The van der Waals surface area contributed by atoms with Crippen molar-refractivity contribution < 1.29 is 0 Å². The highest BCUT2D eigenvalue weighted by Crippen LogP contribution is 2.35. The van der Waals surface area contributed by atoms with E-state index in [0.29, 0.717) is 0 Å². The fraction of sp³-hybridized carbons (Fsp3) is 0. The lowest BCUT2D eigenvalue weighted by molar-refractivity contribution is 0.878. The first-order valence-electron chi connectivity index (χ1n) is 9.05. The summed E-state index contributed by atoms with van der Waals surface area (Å²) in [6, 6.07) is 29.2. The summed E-state index contributed by atoms with van der Waals surface area (Å²) in [5.41, 5.74) is 5.54. The van der Waals surface area contributed by atoms with Crippen LogP contribution < -0.4 is 0 Å². The molecule has 0 aliphatic carbocycles. The molecule has 0 unspecified atom stereocenters. The predicted molar refractivity (Wildman–Crippen MR) is 112 cm³/mol. The molecule has 0 spiro atoms. The Bertz CT molecular complexity index is 1240. The average molecular weight is 363 g/mol. The van der Waals surface area contributed by atoms with Gasteiger partial charge in [-0.3, -0.25) is 0 Å². The molecule has 0 saturated heterocycles. The molecule has 134 valence electrons. The Kier molecular flexibility index (Phi) is 4.03. The van der Waals surface area contributed by atoms with Gasteiger partial charge in [0.15, 0.2) is 0 Å². The van der Waals surface area contributed by atoms with Crippen LogP contribution in [0.1, 0.15) is 5.56 Å². The zero-order valence-electron chi connectivity index (χ0n) is 15.1. The molecule has 5 aromatic rings. The minimum atomic E-state index is 1.05. The van der Waals surface area contributed by atoms with E-state index >= 15 is 0 Å². The van der Waals surface area contributed by atoms with Crippen molar-refractivity contribution in [3.05, 3.63) is 103 Å². The lowest BCUT2D eigenvalue weighted by Crippen LogP contribution is -1.98. The number of aromatic nitrogens is 4. The van der Waals surface area contributed by atoms with E-state index in [1.54, 1.807) is 17.3 Å². The minimum Gasteiger partial charge on any atom is -0.309 e. The summed E-state index contributed by atoms with van der Waals surface area (Å²) >= 11 is 0. The van der Waals surface area contributed by atoms with Crippen LogP contribution in [0.15, 0.2) is 103 Å². The van der Waals surface area contributed by atoms with Crippen molar-refractivity contribution in [1.29, 1.82) is 0 Å². The Morgan fingerprint density at radius 1 is 0.714 bits per heavy atom. The highest BCUT2D eigenvalue weighted by molar-refractivity contribution is 6.07. The Morgan fingerprint density at radius 2 is 1.36 bits per heavy atom.